The highest BCUT2D eigenvalue weighted by molar-refractivity contribution is 7.99. The summed E-state index contributed by atoms with van der Waals surface area (Å²) in [5, 5.41) is 20.3. The molecule has 0 unspecified atom stereocenters. The van der Waals surface area contributed by atoms with Gasteiger partial charge in [-0.05, 0) is 39.3 Å². The SMILES string of the molecule is Cc1cc(C)c(C#N)c(SC[C@H](O)CN2C[C@@H](C)O[C@H](C)C2)n1. The van der Waals surface area contributed by atoms with E-state index in [-0.39, 0.29) is 12.2 Å². The van der Waals surface area contributed by atoms with Gasteiger partial charge in [0.1, 0.15) is 11.1 Å². The smallest absolute Gasteiger partial charge is 0.114 e. The largest absolute Gasteiger partial charge is 0.391 e. The van der Waals surface area contributed by atoms with E-state index in [0.29, 0.717) is 22.9 Å². The molecule has 0 aliphatic carbocycles. The molecule has 1 aromatic heterocycles. The zero-order valence-electron chi connectivity index (χ0n) is 14.2. The van der Waals surface area contributed by atoms with Crippen LogP contribution in [-0.2, 0) is 4.74 Å². The zero-order chi connectivity index (χ0) is 17.0. The predicted octanol–water partition coefficient (Wildman–Crippen LogP) is 2.13. The number of β-amino-alcohol motifs (C(OH)–C–C–N with tert-alkyl or cyclic N) is 1. The minimum Gasteiger partial charge on any atom is -0.391 e. The van der Waals surface area contributed by atoms with E-state index in [1.807, 2.05) is 19.9 Å². The van der Waals surface area contributed by atoms with E-state index in [1.165, 1.54) is 11.8 Å². The standard InChI is InChI=1S/C17H25N3O2S/c1-11-5-12(2)19-17(16(11)6-18)23-10-15(21)9-20-7-13(3)22-14(4)8-20/h5,13-15,21H,7-10H2,1-4H3/t13-,14-,15-/m1/s1. The van der Waals surface area contributed by atoms with Gasteiger partial charge in [-0.15, -0.1) is 11.8 Å². The van der Waals surface area contributed by atoms with E-state index >= 15 is 0 Å². The molecular formula is C17H25N3O2S. The van der Waals surface area contributed by atoms with E-state index in [2.05, 4.69) is 29.8 Å². The van der Waals surface area contributed by atoms with Crippen LogP contribution in [0, 0.1) is 25.2 Å². The summed E-state index contributed by atoms with van der Waals surface area (Å²) in [7, 11) is 0. The van der Waals surface area contributed by atoms with Gasteiger partial charge in [0.2, 0.25) is 0 Å². The first-order valence-electron chi connectivity index (χ1n) is 7.96. The van der Waals surface area contributed by atoms with Gasteiger partial charge in [0.05, 0.1) is 23.9 Å². The second-order valence-corrected chi connectivity index (χ2v) is 7.32. The molecule has 3 atom stereocenters. The Bertz CT molecular complexity index is 578. The molecule has 5 nitrogen and oxygen atoms in total. The Kier molecular flexibility index (Phi) is 6.42. The van der Waals surface area contributed by atoms with Gasteiger partial charge in [0.25, 0.3) is 0 Å². The van der Waals surface area contributed by atoms with Crippen LogP contribution in [0.3, 0.4) is 0 Å². The first-order valence-corrected chi connectivity index (χ1v) is 8.94. The van der Waals surface area contributed by atoms with Crippen LogP contribution in [0.25, 0.3) is 0 Å². The van der Waals surface area contributed by atoms with Crippen LogP contribution in [0.4, 0.5) is 0 Å². The summed E-state index contributed by atoms with van der Waals surface area (Å²) in [6.07, 6.45) is -0.0542. The van der Waals surface area contributed by atoms with Crippen LogP contribution in [0.15, 0.2) is 11.1 Å². The van der Waals surface area contributed by atoms with Crippen molar-refractivity contribution in [1.29, 1.82) is 5.26 Å². The van der Waals surface area contributed by atoms with Crippen LogP contribution in [0.1, 0.15) is 30.7 Å². The van der Waals surface area contributed by atoms with Gasteiger partial charge in [0, 0.05) is 31.1 Å². The second kappa shape index (κ2) is 8.11. The summed E-state index contributed by atoms with van der Waals surface area (Å²) in [6.45, 7) is 10.3. The van der Waals surface area contributed by atoms with Crippen molar-refractivity contribution in [2.75, 3.05) is 25.4 Å². The summed E-state index contributed by atoms with van der Waals surface area (Å²) in [5.74, 6) is 0.532. The number of aliphatic hydroxyl groups excluding tert-OH is 1. The third-order valence-electron chi connectivity index (χ3n) is 3.80. The van der Waals surface area contributed by atoms with Gasteiger partial charge < -0.3 is 9.84 Å². The fraction of sp³-hybridized carbons (Fsp3) is 0.647. The molecule has 2 rings (SSSR count). The van der Waals surface area contributed by atoms with Gasteiger partial charge in [-0.25, -0.2) is 4.98 Å². The summed E-state index contributed by atoms with van der Waals surface area (Å²) >= 11 is 1.46. The molecule has 23 heavy (non-hydrogen) atoms. The van der Waals surface area contributed by atoms with Crippen LogP contribution < -0.4 is 0 Å². The summed E-state index contributed by atoms with van der Waals surface area (Å²) in [5.41, 5.74) is 2.45. The van der Waals surface area contributed by atoms with E-state index in [9.17, 15) is 10.4 Å². The Hall–Kier alpha value is -1.13. The van der Waals surface area contributed by atoms with Gasteiger partial charge in [-0.3, -0.25) is 4.90 Å². The lowest BCUT2D eigenvalue weighted by molar-refractivity contribution is -0.0750. The summed E-state index contributed by atoms with van der Waals surface area (Å²) in [6, 6.07) is 4.13. The molecule has 0 amide bonds. The van der Waals surface area contributed by atoms with Crippen molar-refractivity contribution in [2.45, 2.75) is 51.0 Å². The van der Waals surface area contributed by atoms with Crippen molar-refractivity contribution < 1.29 is 9.84 Å². The Labute approximate surface area is 142 Å². The van der Waals surface area contributed by atoms with Gasteiger partial charge >= 0.3 is 0 Å². The highest BCUT2D eigenvalue weighted by Crippen LogP contribution is 2.24. The molecule has 1 aliphatic heterocycles. The molecule has 0 bridgehead atoms. The Morgan fingerprint density at radius 1 is 1.43 bits per heavy atom. The molecule has 1 aromatic rings. The highest BCUT2D eigenvalue weighted by Gasteiger charge is 2.24. The number of pyridine rings is 1. The number of rotatable bonds is 5. The Balaban J connectivity index is 1.92. The quantitative estimate of drug-likeness (QED) is 0.832. The van der Waals surface area contributed by atoms with Crippen molar-refractivity contribution in [3.63, 3.8) is 0 Å². The lowest BCUT2D eigenvalue weighted by Crippen LogP contribution is -2.48. The molecule has 0 radical (unpaired) electrons. The molecule has 0 spiro atoms. The lowest BCUT2D eigenvalue weighted by atomic mass is 10.1. The van der Waals surface area contributed by atoms with Crippen LogP contribution in [0.2, 0.25) is 0 Å². The molecule has 6 heteroatoms. The molecule has 1 aliphatic rings. The lowest BCUT2D eigenvalue weighted by Gasteiger charge is -2.36. The van der Waals surface area contributed by atoms with Crippen molar-refractivity contribution in [3.05, 3.63) is 22.9 Å². The van der Waals surface area contributed by atoms with Crippen LogP contribution in [-0.4, -0.2) is 58.7 Å². The number of morpholine rings is 1. The normalized spacial score (nSPS) is 23.5. The van der Waals surface area contributed by atoms with E-state index in [4.69, 9.17) is 4.74 Å². The molecule has 1 N–H and O–H groups in total. The Morgan fingerprint density at radius 3 is 2.70 bits per heavy atom. The predicted molar refractivity (Wildman–Crippen MR) is 91.6 cm³/mol. The second-order valence-electron chi connectivity index (χ2n) is 6.31. The number of aliphatic hydroxyl groups is 1. The van der Waals surface area contributed by atoms with Crippen molar-refractivity contribution in [1.82, 2.24) is 9.88 Å². The highest BCUT2D eigenvalue weighted by atomic mass is 32.2. The number of ether oxygens (including phenoxy) is 1. The Morgan fingerprint density at radius 2 is 2.09 bits per heavy atom. The molecule has 2 heterocycles. The van der Waals surface area contributed by atoms with E-state index in [0.717, 1.165) is 24.3 Å². The first kappa shape index (κ1) is 18.2. The number of aryl methyl sites for hydroxylation is 2. The summed E-state index contributed by atoms with van der Waals surface area (Å²) < 4.78 is 5.71. The van der Waals surface area contributed by atoms with E-state index < -0.39 is 6.10 Å². The maximum absolute atomic E-state index is 10.3. The molecule has 126 valence electrons. The first-order chi connectivity index (χ1) is 10.9. The molecule has 1 fully saturated rings. The monoisotopic (exact) mass is 335 g/mol. The third-order valence-corrected chi connectivity index (χ3v) is 4.92. The summed E-state index contributed by atoms with van der Waals surface area (Å²) in [4.78, 5) is 6.68. The van der Waals surface area contributed by atoms with Gasteiger partial charge in [0.15, 0.2) is 0 Å². The minimum atomic E-state index is -0.452. The average Bonchev–Trinajstić information content (AvgIpc) is 2.43. The average molecular weight is 335 g/mol. The fourth-order valence-corrected chi connectivity index (χ4v) is 4.02. The molecule has 0 saturated carbocycles. The minimum absolute atomic E-state index is 0.199. The maximum Gasteiger partial charge on any atom is 0.114 e. The number of nitrogens with zero attached hydrogens (tertiary/aromatic N) is 3. The topological polar surface area (TPSA) is 69.4 Å². The molecule has 1 saturated heterocycles. The van der Waals surface area contributed by atoms with Gasteiger partial charge in [-0.1, -0.05) is 0 Å². The molecular weight excluding hydrogens is 310 g/mol. The van der Waals surface area contributed by atoms with Gasteiger partial charge in [-0.2, -0.15) is 5.26 Å². The van der Waals surface area contributed by atoms with Crippen LogP contribution in [0.5, 0.6) is 0 Å². The van der Waals surface area contributed by atoms with Crippen LogP contribution >= 0.6 is 11.8 Å². The number of hydrogen-bond donors (Lipinski definition) is 1. The molecule has 0 aromatic carbocycles. The van der Waals surface area contributed by atoms with Crippen molar-refractivity contribution in [2.24, 2.45) is 0 Å². The number of thioether (sulfide) groups is 1. The number of hydrogen-bond acceptors (Lipinski definition) is 6. The van der Waals surface area contributed by atoms with E-state index in [1.54, 1.807) is 0 Å². The third kappa shape index (κ3) is 5.18. The number of nitriles is 1. The van der Waals surface area contributed by atoms with Crippen molar-refractivity contribution >= 4 is 11.8 Å². The fourth-order valence-electron chi connectivity index (χ4n) is 3.00. The zero-order valence-corrected chi connectivity index (χ0v) is 15.1. The maximum atomic E-state index is 10.3. The van der Waals surface area contributed by atoms with Crippen molar-refractivity contribution in [3.8, 4) is 6.07 Å². The number of aromatic nitrogens is 1.